The molecule has 1 aromatic carbocycles. The van der Waals surface area contributed by atoms with Crippen molar-refractivity contribution in [3.05, 3.63) is 29.3 Å². The molecule has 2 heteroatoms. The minimum absolute atomic E-state index is 0.628. The molecule has 0 spiro atoms. The Labute approximate surface area is 99.5 Å². The summed E-state index contributed by atoms with van der Waals surface area (Å²) in [7, 11) is 0. The molecular weight excluding hydrogens is 196 g/mol. The molecule has 16 heavy (non-hydrogen) atoms. The van der Waals surface area contributed by atoms with E-state index in [1.54, 1.807) is 0 Å². The zero-order valence-electron chi connectivity index (χ0n) is 10.8. The second kappa shape index (κ2) is 6.54. The predicted molar refractivity (Wildman–Crippen MR) is 71.9 cm³/mol. The van der Waals surface area contributed by atoms with E-state index in [1.165, 1.54) is 29.7 Å². The molecule has 0 saturated heterocycles. The van der Waals surface area contributed by atoms with Crippen molar-refractivity contribution < 1.29 is 0 Å². The maximum Gasteiger partial charge on any atom is 0.0396 e. The van der Waals surface area contributed by atoms with Crippen LogP contribution < -0.4 is 10.6 Å². The monoisotopic (exact) mass is 220 g/mol. The highest BCUT2D eigenvalue weighted by Gasteiger charge is 2.07. The third-order valence-corrected chi connectivity index (χ3v) is 2.82. The molecular formula is C14H24N2. The fourth-order valence-electron chi connectivity index (χ4n) is 2.09. The summed E-state index contributed by atoms with van der Waals surface area (Å²) in [5.41, 5.74) is 9.57. The summed E-state index contributed by atoms with van der Waals surface area (Å²) in [6, 6.07) is 6.55. The van der Waals surface area contributed by atoms with Crippen molar-refractivity contribution in [2.24, 2.45) is 5.73 Å². The Morgan fingerprint density at radius 2 is 1.75 bits per heavy atom. The fourth-order valence-corrected chi connectivity index (χ4v) is 2.09. The molecule has 90 valence electrons. The molecule has 1 aromatic rings. The standard InChI is InChI=1S/C14H24N2/c1-4-8-16(9-5-2)14-7-6-13(11-15)10-12(14)3/h6-7,10H,4-5,8-9,11,15H2,1-3H3. The van der Waals surface area contributed by atoms with Gasteiger partial charge in [0.15, 0.2) is 0 Å². The second-order valence-electron chi connectivity index (χ2n) is 4.31. The smallest absolute Gasteiger partial charge is 0.0396 e. The highest BCUT2D eigenvalue weighted by molar-refractivity contribution is 5.54. The summed E-state index contributed by atoms with van der Waals surface area (Å²) in [4.78, 5) is 2.47. The lowest BCUT2D eigenvalue weighted by molar-refractivity contribution is 0.742. The summed E-state index contributed by atoms with van der Waals surface area (Å²) in [6.45, 7) is 9.53. The minimum Gasteiger partial charge on any atom is -0.371 e. The van der Waals surface area contributed by atoms with Crippen LogP contribution in [0.2, 0.25) is 0 Å². The quantitative estimate of drug-likeness (QED) is 0.798. The van der Waals surface area contributed by atoms with Gasteiger partial charge in [-0.25, -0.2) is 0 Å². The van der Waals surface area contributed by atoms with Crippen molar-refractivity contribution in [1.29, 1.82) is 0 Å². The zero-order valence-corrected chi connectivity index (χ0v) is 10.8. The van der Waals surface area contributed by atoms with Gasteiger partial charge in [0, 0.05) is 25.3 Å². The summed E-state index contributed by atoms with van der Waals surface area (Å²) in [5.74, 6) is 0. The van der Waals surface area contributed by atoms with Crippen LogP contribution in [0.3, 0.4) is 0 Å². The summed E-state index contributed by atoms with van der Waals surface area (Å²) >= 11 is 0. The third-order valence-electron chi connectivity index (χ3n) is 2.82. The zero-order chi connectivity index (χ0) is 12.0. The van der Waals surface area contributed by atoms with Crippen LogP contribution in [0.15, 0.2) is 18.2 Å². The molecule has 2 N–H and O–H groups in total. The number of aryl methyl sites for hydroxylation is 1. The first-order valence-electron chi connectivity index (χ1n) is 6.27. The van der Waals surface area contributed by atoms with Crippen LogP contribution in [0.4, 0.5) is 5.69 Å². The fraction of sp³-hybridized carbons (Fsp3) is 0.571. The number of hydrogen-bond donors (Lipinski definition) is 1. The van der Waals surface area contributed by atoms with Crippen LogP contribution in [0.25, 0.3) is 0 Å². The maximum absolute atomic E-state index is 5.65. The van der Waals surface area contributed by atoms with Gasteiger partial charge in [0.25, 0.3) is 0 Å². The van der Waals surface area contributed by atoms with E-state index >= 15 is 0 Å². The highest BCUT2D eigenvalue weighted by atomic mass is 15.1. The molecule has 0 aromatic heterocycles. The van der Waals surface area contributed by atoms with Gasteiger partial charge in [-0.1, -0.05) is 26.0 Å². The Hall–Kier alpha value is -1.02. The first kappa shape index (κ1) is 13.0. The molecule has 0 aliphatic carbocycles. The maximum atomic E-state index is 5.65. The first-order chi connectivity index (χ1) is 7.72. The van der Waals surface area contributed by atoms with Crippen molar-refractivity contribution in [3.63, 3.8) is 0 Å². The molecule has 0 aliphatic heterocycles. The van der Waals surface area contributed by atoms with Gasteiger partial charge < -0.3 is 10.6 Å². The molecule has 0 heterocycles. The van der Waals surface area contributed by atoms with E-state index in [0.29, 0.717) is 6.54 Å². The van der Waals surface area contributed by atoms with Gasteiger partial charge in [-0.05, 0) is 37.0 Å². The lowest BCUT2D eigenvalue weighted by Crippen LogP contribution is -2.25. The van der Waals surface area contributed by atoms with Crippen molar-refractivity contribution >= 4 is 5.69 Å². The van der Waals surface area contributed by atoms with Crippen LogP contribution in [0.5, 0.6) is 0 Å². The molecule has 1 rings (SSSR count). The third kappa shape index (κ3) is 3.24. The van der Waals surface area contributed by atoms with Gasteiger partial charge in [0.05, 0.1) is 0 Å². The van der Waals surface area contributed by atoms with Crippen molar-refractivity contribution in [2.45, 2.75) is 40.2 Å². The van der Waals surface area contributed by atoms with Crippen LogP contribution in [-0.2, 0) is 6.54 Å². The number of hydrogen-bond acceptors (Lipinski definition) is 2. The SMILES string of the molecule is CCCN(CCC)c1ccc(CN)cc1C. The Morgan fingerprint density at radius 3 is 2.19 bits per heavy atom. The number of nitrogens with two attached hydrogens (primary N) is 1. The van der Waals surface area contributed by atoms with E-state index in [4.69, 9.17) is 5.73 Å². The van der Waals surface area contributed by atoms with E-state index in [2.05, 4.69) is 43.9 Å². The molecule has 0 radical (unpaired) electrons. The molecule has 2 nitrogen and oxygen atoms in total. The van der Waals surface area contributed by atoms with Crippen molar-refractivity contribution in [1.82, 2.24) is 0 Å². The Kier molecular flexibility index (Phi) is 5.33. The van der Waals surface area contributed by atoms with Crippen LogP contribution in [0, 0.1) is 6.92 Å². The molecule has 0 unspecified atom stereocenters. The van der Waals surface area contributed by atoms with E-state index in [1.807, 2.05) is 0 Å². The van der Waals surface area contributed by atoms with Crippen LogP contribution >= 0.6 is 0 Å². The molecule has 0 amide bonds. The molecule has 0 bridgehead atoms. The highest BCUT2D eigenvalue weighted by Crippen LogP contribution is 2.21. The van der Waals surface area contributed by atoms with Crippen molar-refractivity contribution in [3.8, 4) is 0 Å². The average Bonchev–Trinajstić information content (AvgIpc) is 2.29. The lowest BCUT2D eigenvalue weighted by atomic mass is 10.1. The number of anilines is 1. The summed E-state index contributed by atoms with van der Waals surface area (Å²) in [6.07, 6.45) is 2.39. The first-order valence-corrected chi connectivity index (χ1v) is 6.27. The largest absolute Gasteiger partial charge is 0.371 e. The number of nitrogens with zero attached hydrogens (tertiary/aromatic N) is 1. The Morgan fingerprint density at radius 1 is 1.12 bits per heavy atom. The van der Waals surface area contributed by atoms with E-state index < -0.39 is 0 Å². The summed E-state index contributed by atoms with van der Waals surface area (Å²) < 4.78 is 0. The molecule has 0 fully saturated rings. The number of benzene rings is 1. The molecule has 0 aliphatic rings. The Bertz CT molecular complexity index is 315. The van der Waals surface area contributed by atoms with E-state index in [0.717, 1.165) is 13.1 Å². The normalized spacial score (nSPS) is 10.5. The van der Waals surface area contributed by atoms with E-state index in [9.17, 15) is 0 Å². The number of rotatable bonds is 6. The van der Waals surface area contributed by atoms with Gasteiger partial charge in [-0.3, -0.25) is 0 Å². The van der Waals surface area contributed by atoms with Gasteiger partial charge in [0.2, 0.25) is 0 Å². The topological polar surface area (TPSA) is 29.3 Å². The predicted octanol–water partition coefficient (Wildman–Crippen LogP) is 3.08. The van der Waals surface area contributed by atoms with E-state index in [-0.39, 0.29) is 0 Å². The van der Waals surface area contributed by atoms with Crippen LogP contribution in [0.1, 0.15) is 37.8 Å². The molecule has 0 saturated carbocycles. The molecule has 0 atom stereocenters. The minimum atomic E-state index is 0.628. The second-order valence-corrected chi connectivity index (χ2v) is 4.31. The summed E-state index contributed by atoms with van der Waals surface area (Å²) in [5, 5.41) is 0. The van der Waals surface area contributed by atoms with Gasteiger partial charge in [-0.2, -0.15) is 0 Å². The van der Waals surface area contributed by atoms with Gasteiger partial charge in [-0.15, -0.1) is 0 Å². The van der Waals surface area contributed by atoms with Gasteiger partial charge in [0.1, 0.15) is 0 Å². The van der Waals surface area contributed by atoms with Crippen molar-refractivity contribution in [2.75, 3.05) is 18.0 Å². The van der Waals surface area contributed by atoms with Crippen LogP contribution in [-0.4, -0.2) is 13.1 Å². The average molecular weight is 220 g/mol. The van der Waals surface area contributed by atoms with Gasteiger partial charge >= 0.3 is 0 Å². The Balaban J connectivity index is 2.90. The lowest BCUT2D eigenvalue weighted by Gasteiger charge is -2.26.